The first-order chi connectivity index (χ1) is 14.1. The maximum Gasteiger partial charge on any atom is 0.573 e. The van der Waals surface area contributed by atoms with Crippen LogP contribution in [0.3, 0.4) is 0 Å². The molecule has 0 saturated carbocycles. The number of ether oxygens (including phenoxy) is 1. The fourth-order valence-electron chi connectivity index (χ4n) is 3.41. The predicted molar refractivity (Wildman–Crippen MR) is 108 cm³/mol. The van der Waals surface area contributed by atoms with Gasteiger partial charge in [0.15, 0.2) is 15.0 Å². The number of nitrogens with zero attached hydrogens (tertiary/aromatic N) is 2. The largest absolute Gasteiger partial charge is 0.573 e. The van der Waals surface area contributed by atoms with Crippen molar-refractivity contribution >= 4 is 38.4 Å². The Morgan fingerprint density at radius 3 is 2.37 bits per heavy atom. The number of amidine groups is 1. The number of halogens is 3. The minimum atomic E-state index is -4.82. The SMILES string of the molecule is O=C(N=C1SC2CS(=O)(=O)CC2N1c1ccc(OC(F)(F)F)cc1)c1ccccc1. The van der Waals surface area contributed by atoms with Crippen molar-refractivity contribution in [1.29, 1.82) is 0 Å². The second-order valence-corrected chi connectivity index (χ2v) is 10.1. The second kappa shape index (κ2) is 7.62. The van der Waals surface area contributed by atoms with Crippen LogP contribution in [0.4, 0.5) is 18.9 Å². The lowest BCUT2D eigenvalue weighted by molar-refractivity contribution is -0.274. The van der Waals surface area contributed by atoms with Gasteiger partial charge in [0.25, 0.3) is 5.91 Å². The van der Waals surface area contributed by atoms with Crippen LogP contribution in [0.15, 0.2) is 59.6 Å². The topological polar surface area (TPSA) is 76.0 Å². The molecule has 2 aromatic carbocycles. The zero-order valence-corrected chi connectivity index (χ0v) is 16.9. The molecule has 0 bridgehead atoms. The summed E-state index contributed by atoms with van der Waals surface area (Å²) in [5.74, 6) is -1.05. The standard InChI is InChI=1S/C19H15F3N2O4S2/c20-19(21,22)28-14-8-6-13(7-9-14)24-15-10-30(26,27)11-16(15)29-18(24)23-17(25)12-4-2-1-3-5-12/h1-9,15-16H,10-11H2. The average molecular weight is 456 g/mol. The quantitative estimate of drug-likeness (QED) is 0.704. The van der Waals surface area contributed by atoms with Crippen LogP contribution >= 0.6 is 11.8 Å². The molecule has 2 aromatic rings. The van der Waals surface area contributed by atoms with Crippen LogP contribution < -0.4 is 9.64 Å². The highest BCUT2D eigenvalue weighted by molar-refractivity contribution is 8.16. The summed E-state index contributed by atoms with van der Waals surface area (Å²) in [5.41, 5.74) is 0.811. The van der Waals surface area contributed by atoms with Gasteiger partial charge in [-0.15, -0.1) is 13.2 Å². The summed E-state index contributed by atoms with van der Waals surface area (Å²) in [6.07, 6.45) is -4.82. The first-order valence-electron chi connectivity index (χ1n) is 8.81. The molecule has 4 rings (SSSR count). The van der Waals surface area contributed by atoms with Crippen LogP contribution in [0.2, 0.25) is 0 Å². The van der Waals surface area contributed by atoms with Crippen molar-refractivity contribution in [2.75, 3.05) is 16.4 Å². The van der Waals surface area contributed by atoms with Crippen molar-refractivity contribution in [3.05, 3.63) is 60.2 Å². The maximum atomic E-state index is 12.5. The molecule has 2 fully saturated rings. The number of carbonyl (C=O) groups is 1. The van der Waals surface area contributed by atoms with Gasteiger partial charge in [0.2, 0.25) is 0 Å². The van der Waals surface area contributed by atoms with Crippen molar-refractivity contribution in [3.63, 3.8) is 0 Å². The lowest BCUT2D eigenvalue weighted by atomic mass is 10.2. The molecule has 158 valence electrons. The zero-order chi connectivity index (χ0) is 21.5. The van der Waals surface area contributed by atoms with Crippen molar-refractivity contribution in [3.8, 4) is 5.75 Å². The lowest BCUT2D eigenvalue weighted by Crippen LogP contribution is -2.37. The van der Waals surface area contributed by atoms with Crippen LogP contribution in [0.25, 0.3) is 0 Å². The Morgan fingerprint density at radius 1 is 1.07 bits per heavy atom. The normalized spacial score (nSPS) is 24.1. The Hall–Kier alpha value is -2.53. The fraction of sp³-hybridized carbons (Fsp3) is 0.263. The molecule has 2 unspecified atom stereocenters. The molecule has 0 radical (unpaired) electrons. The Bertz CT molecular complexity index is 1090. The number of benzene rings is 2. The second-order valence-electron chi connectivity index (χ2n) is 6.78. The third-order valence-electron chi connectivity index (χ3n) is 4.63. The average Bonchev–Trinajstić information content (AvgIpc) is 3.13. The number of amides is 1. The van der Waals surface area contributed by atoms with E-state index >= 15 is 0 Å². The minimum absolute atomic E-state index is 0.0490. The third-order valence-corrected chi connectivity index (χ3v) is 7.84. The van der Waals surface area contributed by atoms with Crippen LogP contribution in [0.5, 0.6) is 5.75 Å². The molecule has 0 aromatic heterocycles. The first-order valence-corrected chi connectivity index (χ1v) is 11.5. The van der Waals surface area contributed by atoms with Gasteiger partial charge in [0.1, 0.15) is 5.75 Å². The van der Waals surface area contributed by atoms with Gasteiger partial charge in [-0.05, 0) is 36.4 Å². The molecular weight excluding hydrogens is 441 g/mol. The Labute approximate surface area is 174 Å². The van der Waals surface area contributed by atoms with E-state index in [1.54, 1.807) is 35.2 Å². The van der Waals surface area contributed by atoms with Gasteiger partial charge >= 0.3 is 6.36 Å². The number of sulfone groups is 1. The number of fused-ring (bicyclic) bond motifs is 1. The summed E-state index contributed by atoms with van der Waals surface area (Å²) in [4.78, 5) is 18.3. The number of alkyl halides is 3. The molecule has 1 amide bonds. The smallest absolute Gasteiger partial charge is 0.406 e. The Balaban J connectivity index is 1.67. The summed E-state index contributed by atoms with van der Waals surface area (Å²) in [6, 6.07) is 13.0. The zero-order valence-electron chi connectivity index (χ0n) is 15.2. The first kappa shape index (κ1) is 20.7. The van der Waals surface area contributed by atoms with E-state index in [-0.39, 0.29) is 16.8 Å². The third kappa shape index (κ3) is 4.46. The summed E-state index contributed by atoms with van der Waals surface area (Å²) in [7, 11) is -3.26. The molecule has 2 atom stereocenters. The van der Waals surface area contributed by atoms with E-state index in [1.807, 2.05) is 0 Å². The molecule has 2 aliphatic heterocycles. The van der Waals surface area contributed by atoms with E-state index in [2.05, 4.69) is 9.73 Å². The Morgan fingerprint density at radius 2 is 1.73 bits per heavy atom. The van der Waals surface area contributed by atoms with Gasteiger partial charge in [-0.3, -0.25) is 4.79 Å². The van der Waals surface area contributed by atoms with Gasteiger partial charge in [-0.25, -0.2) is 8.42 Å². The lowest BCUT2D eigenvalue weighted by Gasteiger charge is -2.24. The molecule has 0 spiro atoms. The number of carbonyl (C=O) groups excluding carboxylic acids is 1. The van der Waals surface area contributed by atoms with Crippen LogP contribution in [0.1, 0.15) is 10.4 Å². The monoisotopic (exact) mass is 456 g/mol. The molecule has 0 aliphatic carbocycles. The number of hydrogen-bond acceptors (Lipinski definition) is 5. The molecule has 2 saturated heterocycles. The number of hydrogen-bond donors (Lipinski definition) is 0. The number of aliphatic imine (C=N–C) groups is 1. The summed E-state index contributed by atoms with van der Waals surface area (Å²) in [5, 5.41) is 0.00154. The highest BCUT2D eigenvalue weighted by atomic mass is 32.2. The van der Waals surface area contributed by atoms with E-state index in [9.17, 15) is 26.4 Å². The van der Waals surface area contributed by atoms with E-state index in [0.29, 0.717) is 16.4 Å². The summed E-state index contributed by atoms with van der Waals surface area (Å²) >= 11 is 1.19. The molecule has 6 nitrogen and oxygen atoms in total. The van der Waals surface area contributed by atoms with E-state index in [4.69, 9.17) is 0 Å². The summed E-state index contributed by atoms with van der Waals surface area (Å²) < 4.78 is 65.3. The Kier molecular flexibility index (Phi) is 5.27. The number of anilines is 1. The number of rotatable bonds is 3. The van der Waals surface area contributed by atoms with E-state index in [0.717, 1.165) is 12.1 Å². The van der Waals surface area contributed by atoms with E-state index in [1.165, 1.54) is 23.9 Å². The highest BCUT2D eigenvalue weighted by Crippen LogP contribution is 2.41. The number of thioether (sulfide) groups is 1. The van der Waals surface area contributed by atoms with Crippen molar-refractivity contribution in [2.45, 2.75) is 17.7 Å². The minimum Gasteiger partial charge on any atom is -0.406 e. The van der Waals surface area contributed by atoms with Crippen LogP contribution in [0, 0.1) is 0 Å². The predicted octanol–water partition coefficient (Wildman–Crippen LogP) is 3.50. The molecule has 11 heteroatoms. The van der Waals surface area contributed by atoms with Gasteiger partial charge in [0, 0.05) is 16.5 Å². The van der Waals surface area contributed by atoms with Crippen LogP contribution in [-0.2, 0) is 9.84 Å². The maximum absolute atomic E-state index is 12.5. The molecule has 30 heavy (non-hydrogen) atoms. The van der Waals surface area contributed by atoms with Gasteiger partial charge in [0.05, 0.1) is 17.5 Å². The van der Waals surface area contributed by atoms with Gasteiger partial charge < -0.3 is 9.64 Å². The van der Waals surface area contributed by atoms with Crippen molar-refractivity contribution in [2.24, 2.45) is 4.99 Å². The fourth-order valence-corrected chi connectivity index (χ4v) is 7.32. The highest BCUT2D eigenvalue weighted by Gasteiger charge is 2.49. The molecular formula is C19H15F3N2O4S2. The van der Waals surface area contributed by atoms with Gasteiger partial charge in [-0.1, -0.05) is 30.0 Å². The molecule has 2 heterocycles. The van der Waals surface area contributed by atoms with E-state index < -0.39 is 33.9 Å². The molecule has 0 N–H and O–H groups in total. The molecule has 2 aliphatic rings. The summed E-state index contributed by atoms with van der Waals surface area (Å²) in [6.45, 7) is 0. The van der Waals surface area contributed by atoms with Gasteiger partial charge in [-0.2, -0.15) is 4.99 Å². The van der Waals surface area contributed by atoms with Crippen molar-refractivity contribution in [1.82, 2.24) is 0 Å². The van der Waals surface area contributed by atoms with Crippen LogP contribution in [-0.4, -0.2) is 48.7 Å². The van der Waals surface area contributed by atoms with Crippen molar-refractivity contribution < 1.29 is 31.1 Å².